The Morgan fingerprint density at radius 2 is 1.69 bits per heavy atom. The molecule has 0 N–H and O–H groups in total. The van der Waals surface area contributed by atoms with Crippen molar-refractivity contribution in [2.24, 2.45) is 0 Å². The van der Waals surface area contributed by atoms with Crippen LogP contribution in [-0.2, 0) is 4.74 Å². The molecule has 0 unspecified atom stereocenters. The number of nitro groups is 1. The number of hydrogen-bond donors (Lipinski definition) is 0. The number of anilines is 1. The van der Waals surface area contributed by atoms with Crippen LogP contribution in [0.3, 0.4) is 0 Å². The third-order valence-corrected chi connectivity index (χ3v) is 4.86. The Morgan fingerprint density at radius 3 is 2.23 bits per heavy atom. The molecular weight excluding hydrogens is 334 g/mol. The number of rotatable bonds is 3. The van der Waals surface area contributed by atoms with Gasteiger partial charge in [-0.3, -0.25) is 14.9 Å². The maximum atomic E-state index is 12.8. The van der Waals surface area contributed by atoms with E-state index in [0.717, 1.165) is 18.5 Å². The summed E-state index contributed by atoms with van der Waals surface area (Å²) in [6, 6.07) is 4.86. The third-order valence-electron chi connectivity index (χ3n) is 4.86. The highest BCUT2D eigenvalue weighted by Crippen LogP contribution is 2.34. The van der Waals surface area contributed by atoms with Crippen molar-refractivity contribution in [3.05, 3.63) is 33.9 Å². The minimum Gasteiger partial charge on any atom is -0.366 e. The maximum absolute atomic E-state index is 12.8. The second-order valence-electron chi connectivity index (χ2n) is 8.44. The Hall–Kier alpha value is -2.15. The summed E-state index contributed by atoms with van der Waals surface area (Å²) in [5.74, 6) is -0.247. The summed E-state index contributed by atoms with van der Waals surface area (Å²) in [5, 5.41) is 11.4. The molecule has 2 saturated heterocycles. The molecule has 26 heavy (non-hydrogen) atoms. The average molecular weight is 361 g/mol. The van der Waals surface area contributed by atoms with Crippen molar-refractivity contribution in [2.45, 2.75) is 51.7 Å². The highest BCUT2D eigenvalue weighted by Gasteiger charge is 2.39. The van der Waals surface area contributed by atoms with Crippen LogP contribution in [0.4, 0.5) is 11.4 Å². The predicted molar refractivity (Wildman–Crippen MR) is 99.7 cm³/mol. The number of carbonyl (C=O) groups is 1. The number of morpholine rings is 1. The van der Waals surface area contributed by atoms with Crippen LogP contribution < -0.4 is 4.90 Å². The van der Waals surface area contributed by atoms with E-state index in [0.29, 0.717) is 26.2 Å². The predicted octanol–water partition coefficient (Wildman–Crippen LogP) is 3.22. The molecule has 2 heterocycles. The molecule has 2 aliphatic rings. The van der Waals surface area contributed by atoms with E-state index in [1.807, 2.05) is 27.7 Å². The molecule has 1 aromatic rings. The Kier molecular flexibility index (Phi) is 4.69. The van der Waals surface area contributed by atoms with E-state index < -0.39 is 4.92 Å². The van der Waals surface area contributed by atoms with E-state index >= 15 is 0 Å². The summed E-state index contributed by atoms with van der Waals surface area (Å²) >= 11 is 0. The molecule has 0 aromatic heterocycles. The summed E-state index contributed by atoms with van der Waals surface area (Å²) in [7, 11) is 0. The lowest BCUT2D eigenvalue weighted by atomic mass is 9.98. The van der Waals surface area contributed by atoms with Crippen molar-refractivity contribution in [3.8, 4) is 0 Å². The first-order valence-corrected chi connectivity index (χ1v) is 9.11. The van der Waals surface area contributed by atoms with E-state index in [1.54, 1.807) is 17.0 Å². The Morgan fingerprint density at radius 1 is 1.12 bits per heavy atom. The van der Waals surface area contributed by atoms with E-state index in [4.69, 9.17) is 4.74 Å². The van der Waals surface area contributed by atoms with Gasteiger partial charge in [-0.2, -0.15) is 0 Å². The molecule has 142 valence electrons. The van der Waals surface area contributed by atoms with Gasteiger partial charge in [0.25, 0.3) is 11.6 Å². The summed E-state index contributed by atoms with van der Waals surface area (Å²) in [4.78, 5) is 27.7. The fraction of sp³-hybridized carbons (Fsp3) is 0.632. The molecule has 7 heteroatoms. The van der Waals surface area contributed by atoms with E-state index in [-0.39, 0.29) is 28.4 Å². The number of amides is 1. The second-order valence-corrected chi connectivity index (χ2v) is 8.44. The molecule has 0 radical (unpaired) electrons. The van der Waals surface area contributed by atoms with Gasteiger partial charge in [-0.05, 0) is 52.7 Å². The molecule has 1 aromatic carbocycles. The Balaban J connectivity index is 1.97. The van der Waals surface area contributed by atoms with Crippen molar-refractivity contribution in [1.29, 1.82) is 0 Å². The van der Waals surface area contributed by atoms with Crippen LogP contribution in [0, 0.1) is 10.1 Å². The Bertz CT molecular complexity index is 707. The van der Waals surface area contributed by atoms with Gasteiger partial charge in [-0.1, -0.05) is 0 Å². The van der Waals surface area contributed by atoms with Crippen LogP contribution in [0.2, 0.25) is 0 Å². The van der Waals surface area contributed by atoms with Gasteiger partial charge in [-0.15, -0.1) is 0 Å². The number of hydrogen-bond acceptors (Lipinski definition) is 5. The standard InChI is InChI=1S/C19H27N3O4/c1-18(2)12-21(13-19(3,4)26-18)14-7-8-16(22(24)25)15(11-14)17(23)20-9-5-6-10-20/h7-8,11H,5-6,9-10,12-13H2,1-4H3. The molecule has 0 atom stereocenters. The molecule has 7 nitrogen and oxygen atoms in total. The smallest absolute Gasteiger partial charge is 0.282 e. The van der Waals surface area contributed by atoms with Crippen molar-refractivity contribution in [3.63, 3.8) is 0 Å². The number of nitro benzene ring substituents is 1. The third kappa shape index (κ3) is 3.82. The van der Waals surface area contributed by atoms with Crippen LogP contribution in [0.5, 0.6) is 0 Å². The van der Waals surface area contributed by atoms with Gasteiger partial charge in [0.2, 0.25) is 0 Å². The SMILES string of the molecule is CC1(C)CN(c2ccc([N+](=O)[O-])c(C(=O)N3CCCC3)c2)CC(C)(C)O1. The number of benzene rings is 1. The van der Waals surface area contributed by atoms with E-state index in [2.05, 4.69) is 4.90 Å². The van der Waals surface area contributed by atoms with Crippen LogP contribution in [0.1, 0.15) is 50.9 Å². The van der Waals surface area contributed by atoms with E-state index in [1.165, 1.54) is 6.07 Å². The van der Waals surface area contributed by atoms with Gasteiger partial charge < -0.3 is 14.5 Å². The van der Waals surface area contributed by atoms with Crippen molar-refractivity contribution in [1.82, 2.24) is 4.90 Å². The van der Waals surface area contributed by atoms with Gasteiger partial charge >= 0.3 is 0 Å². The largest absolute Gasteiger partial charge is 0.366 e. The lowest BCUT2D eigenvalue weighted by Crippen LogP contribution is -2.57. The molecule has 2 aliphatic heterocycles. The molecule has 0 spiro atoms. The number of carbonyl (C=O) groups excluding carboxylic acids is 1. The first-order chi connectivity index (χ1) is 12.1. The monoisotopic (exact) mass is 361 g/mol. The summed E-state index contributed by atoms with van der Waals surface area (Å²) in [6.45, 7) is 10.8. The summed E-state index contributed by atoms with van der Waals surface area (Å²) < 4.78 is 6.11. The zero-order valence-electron chi connectivity index (χ0n) is 15.9. The fourth-order valence-corrected chi connectivity index (χ4v) is 4.11. The topological polar surface area (TPSA) is 75.9 Å². The molecule has 0 saturated carbocycles. The van der Waals surface area contributed by atoms with Crippen LogP contribution in [-0.4, -0.2) is 53.1 Å². The lowest BCUT2D eigenvalue weighted by Gasteiger charge is -2.48. The van der Waals surface area contributed by atoms with Crippen LogP contribution >= 0.6 is 0 Å². The summed E-state index contributed by atoms with van der Waals surface area (Å²) in [5.41, 5.74) is 0.183. The zero-order valence-corrected chi connectivity index (χ0v) is 15.9. The average Bonchev–Trinajstić information content (AvgIpc) is 3.05. The van der Waals surface area contributed by atoms with Crippen molar-refractivity contribution >= 4 is 17.3 Å². The molecular formula is C19H27N3O4. The summed E-state index contributed by atoms with van der Waals surface area (Å²) in [6.07, 6.45) is 1.90. The first-order valence-electron chi connectivity index (χ1n) is 9.11. The minimum absolute atomic E-state index is 0.127. The van der Waals surface area contributed by atoms with Gasteiger partial charge in [0.1, 0.15) is 5.56 Å². The lowest BCUT2D eigenvalue weighted by molar-refractivity contribution is -0.385. The van der Waals surface area contributed by atoms with Gasteiger partial charge in [0.15, 0.2) is 0 Å². The normalized spacial score (nSPS) is 21.7. The molecule has 0 aliphatic carbocycles. The molecule has 2 fully saturated rings. The van der Waals surface area contributed by atoms with Crippen LogP contribution in [0.25, 0.3) is 0 Å². The highest BCUT2D eigenvalue weighted by molar-refractivity contribution is 5.99. The van der Waals surface area contributed by atoms with Gasteiger partial charge in [0.05, 0.1) is 16.1 Å². The van der Waals surface area contributed by atoms with Crippen molar-refractivity contribution in [2.75, 3.05) is 31.1 Å². The van der Waals surface area contributed by atoms with Crippen molar-refractivity contribution < 1.29 is 14.5 Å². The number of nitrogens with zero attached hydrogens (tertiary/aromatic N) is 3. The fourth-order valence-electron chi connectivity index (χ4n) is 4.11. The number of ether oxygens (including phenoxy) is 1. The maximum Gasteiger partial charge on any atom is 0.282 e. The molecule has 0 bridgehead atoms. The highest BCUT2D eigenvalue weighted by atomic mass is 16.6. The Labute approximate surface area is 154 Å². The van der Waals surface area contributed by atoms with Gasteiger partial charge in [0, 0.05) is 37.9 Å². The number of likely N-dealkylation sites (tertiary alicyclic amines) is 1. The molecule has 1 amide bonds. The quantitative estimate of drug-likeness (QED) is 0.610. The zero-order chi connectivity index (χ0) is 19.1. The first kappa shape index (κ1) is 18.6. The van der Waals surface area contributed by atoms with Gasteiger partial charge in [-0.25, -0.2) is 0 Å². The molecule has 3 rings (SSSR count). The van der Waals surface area contributed by atoms with E-state index in [9.17, 15) is 14.9 Å². The minimum atomic E-state index is -0.472. The second kappa shape index (κ2) is 6.54. The van der Waals surface area contributed by atoms with Crippen LogP contribution in [0.15, 0.2) is 18.2 Å².